The first-order valence-electron chi connectivity index (χ1n) is 5.84. The highest BCUT2D eigenvalue weighted by molar-refractivity contribution is 5.79. The maximum absolute atomic E-state index is 5.32. The van der Waals surface area contributed by atoms with Gasteiger partial charge in [-0.3, -0.25) is 10.4 Å². The summed E-state index contributed by atoms with van der Waals surface area (Å²) in [6, 6.07) is 0. The summed E-state index contributed by atoms with van der Waals surface area (Å²) >= 11 is 0. The number of hydrogen-bond donors (Lipinski definition) is 3. The van der Waals surface area contributed by atoms with Crippen molar-refractivity contribution in [3.8, 4) is 0 Å². The molecule has 0 bridgehead atoms. The van der Waals surface area contributed by atoms with Crippen LogP contribution in [0.25, 0.3) is 0 Å². The number of aliphatic imine (C=N–C) groups is 1. The molecule has 0 aromatic heterocycles. The Bertz CT molecular complexity index is 186. The lowest BCUT2D eigenvalue weighted by Gasteiger charge is -2.25. The van der Waals surface area contributed by atoms with Crippen LogP contribution in [-0.4, -0.2) is 43.6 Å². The highest BCUT2D eigenvalue weighted by Crippen LogP contribution is 2.07. The van der Waals surface area contributed by atoms with E-state index >= 15 is 0 Å². The van der Waals surface area contributed by atoms with Crippen LogP contribution >= 0.6 is 0 Å². The third-order valence-electron chi connectivity index (χ3n) is 2.62. The first-order chi connectivity index (χ1) is 7.36. The van der Waals surface area contributed by atoms with Crippen molar-refractivity contribution in [3.05, 3.63) is 0 Å². The lowest BCUT2D eigenvalue weighted by molar-refractivity contribution is 0.235. The normalized spacial score (nSPS) is 18.9. The number of hydrazine groups is 1. The molecule has 1 saturated heterocycles. The standard InChI is InChI=1S/C10H23N5/c1-2-12-10(14-11)13-6-9-15-7-4-3-5-8-15/h2-9,11H2,1H3,(H2,12,13,14). The number of nitrogens with one attached hydrogen (secondary N) is 2. The van der Waals surface area contributed by atoms with E-state index in [0.717, 1.165) is 19.6 Å². The third kappa shape index (κ3) is 4.99. The predicted octanol–water partition coefficient (Wildman–Crippen LogP) is -0.0989. The quantitative estimate of drug-likeness (QED) is 0.264. The molecule has 1 aliphatic rings. The summed E-state index contributed by atoms with van der Waals surface area (Å²) in [5.41, 5.74) is 2.56. The summed E-state index contributed by atoms with van der Waals surface area (Å²) in [5.74, 6) is 6.01. The zero-order valence-electron chi connectivity index (χ0n) is 9.63. The summed E-state index contributed by atoms with van der Waals surface area (Å²) in [6.07, 6.45) is 4.05. The van der Waals surface area contributed by atoms with Crippen LogP contribution in [0.1, 0.15) is 26.2 Å². The van der Waals surface area contributed by atoms with E-state index < -0.39 is 0 Å². The minimum absolute atomic E-state index is 0.689. The monoisotopic (exact) mass is 213 g/mol. The number of nitrogens with zero attached hydrogens (tertiary/aromatic N) is 2. The van der Waals surface area contributed by atoms with Gasteiger partial charge in [0.05, 0.1) is 6.54 Å². The van der Waals surface area contributed by atoms with E-state index in [1.54, 1.807) is 0 Å². The van der Waals surface area contributed by atoms with E-state index in [-0.39, 0.29) is 0 Å². The number of rotatable bonds is 4. The largest absolute Gasteiger partial charge is 0.356 e. The Kier molecular flexibility index (Phi) is 6.11. The lowest BCUT2D eigenvalue weighted by atomic mass is 10.1. The molecule has 1 heterocycles. The fourth-order valence-electron chi connectivity index (χ4n) is 1.81. The first kappa shape index (κ1) is 12.3. The average molecular weight is 213 g/mol. The van der Waals surface area contributed by atoms with E-state index in [4.69, 9.17) is 5.84 Å². The highest BCUT2D eigenvalue weighted by atomic mass is 15.3. The molecule has 1 aliphatic heterocycles. The van der Waals surface area contributed by atoms with Gasteiger partial charge in [-0.1, -0.05) is 6.42 Å². The molecule has 0 spiro atoms. The van der Waals surface area contributed by atoms with Gasteiger partial charge >= 0.3 is 0 Å². The van der Waals surface area contributed by atoms with Crippen molar-refractivity contribution in [2.75, 3.05) is 32.7 Å². The molecule has 0 radical (unpaired) electrons. The second kappa shape index (κ2) is 7.48. The van der Waals surface area contributed by atoms with Crippen LogP contribution in [0.3, 0.4) is 0 Å². The predicted molar refractivity (Wildman–Crippen MR) is 63.6 cm³/mol. The van der Waals surface area contributed by atoms with E-state index in [1.807, 2.05) is 6.92 Å². The molecule has 5 heteroatoms. The number of guanidine groups is 1. The summed E-state index contributed by atoms with van der Waals surface area (Å²) in [7, 11) is 0. The van der Waals surface area contributed by atoms with Gasteiger partial charge in [0, 0.05) is 13.1 Å². The molecule has 0 atom stereocenters. The summed E-state index contributed by atoms with van der Waals surface area (Å²) in [4.78, 5) is 6.82. The number of likely N-dealkylation sites (tertiary alicyclic amines) is 1. The van der Waals surface area contributed by atoms with Gasteiger partial charge in [-0.15, -0.1) is 0 Å². The van der Waals surface area contributed by atoms with Crippen LogP contribution in [0.5, 0.6) is 0 Å². The second-order valence-electron chi connectivity index (χ2n) is 3.81. The Morgan fingerprint density at radius 2 is 2.07 bits per heavy atom. The molecule has 5 nitrogen and oxygen atoms in total. The molecule has 0 aromatic carbocycles. The molecular formula is C10H23N5. The fourth-order valence-corrected chi connectivity index (χ4v) is 1.81. The van der Waals surface area contributed by atoms with Crippen molar-refractivity contribution < 1.29 is 0 Å². The van der Waals surface area contributed by atoms with Gasteiger partial charge in [0.25, 0.3) is 0 Å². The van der Waals surface area contributed by atoms with Crippen LogP contribution in [0.15, 0.2) is 4.99 Å². The van der Waals surface area contributed by atoms with Crippen molar-refractivity contribution in [3.63, 3.8) is 0 Å². The lowest BCUT2D eigenvalue weighted by Crippen LogP contribution is -2.42. The summed E-state index contributed by atoms with van der Waals surface area (Å²) < 4.78 is 0. The van der Waals surface area contributed by atoms with Crippen molar-refractivity contribution in [1.29, 1.82) is 0 Å². The summed E-state index contributed by atoms with van der Waals surface area (Å²) in [6.45, 7) is 7.16. The SMILES string of the molecule is CCNC(=NCCN1CCCCC1)NN. The maximum Gasteiger partial charge on any atom is 0.205 e. The molecule has 0 saturated carbocycles. The molecule has 15 heavy (non-hydrogen) atoms. The topological polar surface area (TPSA) is 65.7 Å². The van der Waals surface area contributed by atoms with Gasteiger partial charge in [-0.05, 0) is 32.9 Å². The van der Waals surface area contributed by atoms with Crippen LogP contribution < -0.4 is 16.6 Å². The molecule has 1 fully saturated rings. The van der Waals surface area contributed by atoms with E-state index in [1.165, 1.54) is 32.4 Å². The van der Waals surface area contributed by atoms with Crippen molar-refractivity contribution >= 4 is 5.96 Å². The van der Waals surface area contributed by atoms with Gasteiger partial charge in [-0.2, -0.15) is 0 Å². The van der Waals surface area contributed by atoms with Crippen LogP contribution in [-0.2, 0) is 0 Å². The molecule has 0 aliphatic carbocycles. The average Bonchev–Trinajstić information content (AvgIpc) is 2.29. The highest BCUT2D eigenvalue weighted by Gasteiger charge is 2.08. The number of piperidine rings is 1. The van der Waals surface area contributed by atoms with Crippen LogP contribution in [0, 0.1) is 0 Å². The Morgan fingerprint density at radius 3 is 2.67 bits per heavy atom. The van der Waals surface area contributed by atoms with Gasteiger partial charge in [0.1, 0.15) is 0 Å². The zero-order valence-corrected chi connectivity index (χ0v) is 9.63. The van der Waals surface area contributed by atoms with Crippen LogP contribution in [0.2, 0.25) is 0 Å². The third-order valence-corrected chi connectivity index (χ3v) is 2.62. The Labute approximate surface area is 92.1 Å². The molecule has 1 rings (SSSR count). The van der Waals surface area contributed by atoms with E-state index in [0.29, 0.717) is 5.96 Å². The van der Waals surface area contributed by atoms with Crippen molar-refractivity contribution in [1.82, 2.24) is 15.6 Å². The second-order valence-corrected chi connectivity index (χ2v) is 3.81. The van der Waals surface area contributed by atoms with Crippen LogP contribution in [0.4, 0.5) is 0 Å². The zero-order chi connectivity index (χ0) is 10.9. The minimum atomic E-state index is 0.689. The van der Waals surface area contributed by atoms with E-state index in [2.05, 4.69) is 20.6 Å². The molecule has 0 unspecified atom stereocenters. The van der Waals surface area contributed by atoms with E-state index in [9.17, 15) is 0 Å². The number of nitrogens with two attached hydrogens (primary N) is 1. The van der Waals surface area contributed by atoms with Gasteiger partial charge < -0.3 is 10.2 Å². The maximum atomic E-state index is 5.32. The Balaban J connectivity index is 2.17. The molecule has 0 aromatic rings. The summed E-state index contributed by atoms with van der Waals surface area (Å²) in [5, 5.41) is 3.07. The Hall–Kier alpha value is -0.810. The van der Waals surface area contributed by atoms with Gasteiger partial charge in [0.15, 0.2) is 0 Å². The molecule has 0 amide bonds. The fraction of sp³-hybridized carbons (Fsp3) is 0.900. The molecular weight excluding hydrogens is 190 g/mol. The molecule has 4 N–H and O–H groups in total. The smallest absolute Gasteiger partial charge is 0.205 e. The first-order valence-corrected chi connectivity index (χ1v) is 5.84. The van der Waals surface area contributed by atoms with Gasteiger partial charge in [-0.25, -0.2) is 5.84 Å². The van der Waals surface area contributed by atoms with Gasteiger partial charge in [0.2, 0.25) is 5.96 Å². The molecule has 88 valence electrons. The Morgan fingerprint density at radius 1 is 1.33 bits per heavy atom. The minimum Gasteiger partial charge on any atom is -0.356 e. The van der Waals surface area contributed by atoms with Crippen molar-refractivity contribution in [2.24, 2.45) is 10.8 Å². The number of hydrogen-bond acceptors (Lipinski definition) is 3. The van der Waals surface area contributed by atoms with Crippen molar-refractivity contribution in [2.45, 2.75) is 26.2 Å².